The van der Waals surface area contributed by atoms with E-state index in [0.717, 1.165) is 37.9 Å². The van der Waals surface area contributed by atoms with Gasteiger partial charge >= 0.3 is 0 Å². The number of aromatic nitrogens is 2. The molecule has 1 atom stereocenters. The Morgan fingerprint density at radius 3 is 2.72 bits per heavy atom. The first-order chi connectivity index (χ1) is 8.63. The zero-order chi connectivity index (χ0) is 13.5. The molecule has 1 aromatic rings. The highest BCUT2D eigenvalue weighted by Crippen LogP contribution is 2.23. The van der Waals surface area contributed by atoms with E-state index in [9.17, 15) is 0 Å². The molecule has 0 bridgehead atoms. The van der Waals surface area contributed by atoms with E-state index in [1.807, 2.05) is 17.8 Å². The maximum Gasteiger partial charge on any atom is 0.0766 e. The number of rotatable bonds is 8. The summed E-state index contributed by atoms with van der Waals surface area (Å²) < 4.78 is 3.16. The Labute approximate surface area is 119 Å². The van der Waals surface area contributed by atoms with E-state index >= 15 is 0 Å². The van der Waals surface area contributed by atoms with Gasteiger partial charge in [0.1, 0.15) is 0 Å². The smallest absolute Gasteiger partial charge is 0.0766 e. The van der Waals surface area contributed by atoms with E-state index < -0.39 is 0 Å². The van der Waals surface area contributed by atoms with Crippen LogP contribution in [0.4, 0.5) is 0 Å². The summed E-state index contributed by atoms with van der Waals surface area (Å²) in [6.07, 6.45) is 6.07. The van der Waals surface area contributed by atoms with Crippen LogP contribution < -0.4 is 5.32 Å². The maximum atomic E-state index is 4.54. The lowest BCUT2D eigenvalue weighted by Gasteiger charge is -2.17. The van der Waals surface area contributed by atoms with Crippen molar-refractivity contribution in [3.8, 4) is 0 Å². The van der Waals surface area contributed by atoms with Crippen LogP contribution in [0.1, 0.15) is 38.1 Å². The monoisotopic (exact) mass is 313 g/mol. The molecule has 0 saturated carbocycles. The number of nitrogens with zero attached hydrogens (tertiary/aromatic N) is 2. The average molecular weight is 314 g/mol. The quantitative estimate of drug-likeness (QED) is 0.747. The topological polar surface area (TPSA) is 29.9 Å². The third kappa shape index (κ3) is 3.95. The fourth-order valence-electron chi connectivity index (χ4n) is 2.06. The SMILES string of the molecule is C=CCC(Cc1c(Br)c(CC)nn1C)NCCC. The first-order valence-corrected chi connectivity index (χ1v) is 7.47. The molecule has 1 unspecified atom stereocenters. The third-order valence-corrected chi connectivity index (χ3v) is 3.99. The van der Waals surface area contributed by atoms with Gasteiger partial charge in [0.05, 0.1) is 15.9 Å². The van der Waals surface area contributed by atoms with Crippen LogP contribution in [0, 0.1) is 0 Å². The molecule has 0 spiro atoms. The minimum Gasteiger partial charge on any atom is -0.313 e. The van der Waals surface area contributed by atoms with Crippen LogP contribution in [0.15, 0.2) is 17.1 Å². The molecule has 4 heteroatoms. The van der Waals surface area contributed by atoms with Crippen molar-refractivity contribution in [2.75, 3.05) is 6.54 Å². The lowest BCUT2D eigenvalue weighted by Crippen LogP contribution is -2.32. The Hall–Kier alpha value is -0.610. The molecule has 0 radical (unpaired) electrons. The van der Waals surface area contributed by atoms with E-state index in [-0.39, 0.29) is 0 Å². The largest absolute Gasteiger partial charge is 0.313 e. The van der Waals surface area contributed by atoms with Crippen molar-refractivity contribution < 1.29 is 0 Å². The van der Waals surface area contributed by atoms with Crippen molar-refractivity contribution in [2.24, 2.45) is 7.05 Å². The summed E-state index contributed by atoms with van der Waals surface area (Å²) in [5.41, 5.74) is 2.41. The molecule has 0 saturated heterocycles. The van der Waals surface area contributed by atoms with Gasteiger partial charge in [-0.15, -0.1) is 6.58 Å². The van der Waals surface area contributed by atoms with E-state index in [2.05, 4.69) is 46.8 Å². The summed E-state index contributed by atoms with van der Waals surface area (Å²) >= 11 is 3.67. The number of hydrogen-bond acceptors (Lipinski definition) is 2. The molecule has 18 heavy (non-hydrogen) atoms. The second-order valence-corrected chi connectivity index (χ2v) is 5.36. The first-order valence-electron chi connectivity index (χ1n) is 6.68. The van der Waals surface area contributed by atoms with Crippen LogP contribution in [-0.4, -0.2) is 22.4 Å². The Bertz CT molecular complexity index is 385. The summed E-state index contributed by atoms with van der Waals surface area (Å²) in [6.45, 7) is 9.21. The van der Waals surface area contributed by atoms with Gasteiger partial charge in [-0.05, 0) is 41.7 Å². The summed E-state index contributed by atoms with van der Waals surface area (Å²) in [6, 6.07) is 0.443. The molecular formula is C14H24BrN3. The molecule has 0 amide bonds. The second kappa shape index (κ2) is 7.74. The Morgan fingerprint density at radius 1 is 1.50 bits per heavy atom. The van der Waals surface area contributed by atoms with E-state index in [0.29, 0.717) is 6.04 Å². The number of hydrogen-bond donors (Lipinski definition) is 1. The predicted molar refractivity (Wildman–Crippen MR) is 80.9 cm³/mol. The van der Waals surface area contributed by atoms with E-state index in [4.69, 9.17) is 0 Å². The molecule has 0 fully saturated rings. The van der Waals surface area contributed by atoms with Crippen molar-refractivity contribution in [2.45, 2.75) is 45.6 Å². The fourth-order valence-corrected chi connectivity index (χ4v) is 2.84. The standard InChI is InChI=1S/C14H24BrN3/c1-5-8-11(16-9-6-2)10-13-14(15)12(7-3)17-18(13)4/h5,11,16H,1,6-10H2,2-4H3. The molecule has 0 aliphatic rings. The summed E-state index contributed by atoms with van der Waals surface area (Å²) in [7, 11) is 2.02. The molecule has 0 aliphatic heterocycles. The van der Waals surface area contributed by atoms with Crippen molar-refractivity contribution in [3.05, 3.63) is 28.5 Å². The van der Waals surface area contributed by atoms with Crippen LogP contribution in [-0.2, 0) is 19.9 Å². The number of aryl methyl sites for hydroxylation is 2. The molecule has 102 valence electrons. The molecular weight excluding hydrogens is 290 g/mol. The van der Waals surface area contributed by atoms with Gasteiger partial charge in [-0.3, -0.25) is 4.68 Å². The highest BCUT2D eigenvalue weighted by atomic mass is 79.9. The Morgan fingerprint density at radius 2 is 2.22 bits per heavy atom. The second-order valence-electron chi connectivity index (χ2n) is 4.56. The highest BCUT2D eigenvalue weighted by Gasteiger charge is 2.16. The Kier molecular flexibility index (Phi) is 6.65. The van der Waals surface area contributed by atoms with Crippen molar-refractivity contribution in [1.82, 2.24) is 15.1 Å². The van der Waals surface area contributed by atoms with Gasteiger partial charge in [0.2, 0.25) is 0 Å². The average Bonchev–Trinajstić information content (AvgIpc) is 2.63. The van der Waals surface area contributed by atoms with Crippen LogP contribution in [0.5, 0.6) is 0 Å². The maximum absolute atomic E-state index is 4.54. The lowest BCUT2D eigenvalue weighted by atomic mass is 10.1. The van der Waals surface area contributed by atoms with Crippen LogP contribution in [0.25, 0.3) is 0 Å². The summed E-state index contributed by atoms with van der Waals surface area (Å²) in [5.74, 6) is 0. The van der Waals surface area contributed by atoms with Crippen LogP contribution in [0.2, 0.25) is 0 Å². The third-order valence-electron chi connectivity index (χ3n) is 3.08. The van der Waals surface area contributed by atoms with E-state index in [1.54, 1.807) is 0 Å². The molecule has 1 N–H and O–H groups in total. The summed E-state index contributed by atoms with van der Waals surface area (Å²) in [5, 5.41) is 8.11. The Balaban J connectivity index is 2.79. The predicted octanol–water partition coefficient (Wildman–Crippen LogP) is 3.23. The zero-order valence-corrected chi connectivity index (χ0v) is 13.3. The number of nitrogens with one attached hydrogen (secondary N) is 1. The molecule has 0 aromatic carbocycles. The van der Waals surface area contributed by atoms with Crippen molar-refractivity contribution >= 4 is 15.9 Å². The zero-order valence-electron chi connectivity index (χ0n) is 11.7. The van der Waals surface area contributed by atoms with Gasteiger partial charge < -0.3 is 5.32 Å². The highest BCUT2D eigenvalue weighted by molar-refractivity contribution is 9.10. The van der Waals surface area contributed by atoms with Gasteiger partial charge in [-0.25, -0.2) is 0 Å². The lowest BCUT2D eigenvalue weighted by molar-refractivity contribution is 0.496. The molecule has 1 rings (SSSR count). The minimum absolute atomic E-state index is 0.443. The normalized spacial score (nSPS) is 12.7. The van der Waals surface area contributed by atoms with Crippen LogP contribution >= 0.6 is 15.9 Å². The van der Waals surface area contributed by atoms with Gasteiger partial charge in [0.15, 0.2) is 0 Å². The van der Waals surface area contributed by atoms with Crippen LogP contribution in [0.3, 0.4) is 0 Å². The fraction of sp³-hybridized carbons (Fsp3) is 0.643. The molecule has 1 aromatic heterocycles. The van der Waals surface area contributed by atoms with Gasteiger partial charge in [-0.2, -0.15) is 5.10 Å². The minimum atomic E-state index is 0.443. The molecule has 1 heterocycles. The molecule has 0 aliphatic carbocycles. The first kappa shape index (κ1) is 15.4. The summed E-state index contributed by atoms with van der Waals surface area (Å²) in [4.78, 5) is 0. The van der Waals surface area contributed by atoms with Gasteiger partial charge in [-0.1, -0.05) is 19.9 Å². The number of halogens is 1. The van der Waals surface area contributed by atoms with E-state index in [1.165, 1.54) is 10.2 Å². The molecule has 3 nitrogen and oxygen atoms in total. The van der Waals surface area contributed by atoms with Crippen molar-refractivity contribution in [1.29, 1.82) is 0 Å². The van der Waals surface area contributed by atoms with Gasteiger partial charge in [0.25, 0.3) is 0 Å². The van der Waals surface area contributed by atoms with Gasteiger partial charge in [0, 0.05) is 19.5 Å². The van der Waals surface area contributed by atoms with Crippen molar-refractivity contribution in [3.63, 3.8) is 0 Å².